The third-order valence-electron chi connectivity index (χ3n) is 2.92. The van der Waals surface area contributed by atoms with Crippen LogP contribution < -0.4 is 0 Å². The van der Waals surface area contributed by atoms with Crippen molar-refractivity contribution in [3.63, 3.8) is 0 Å². The van der Waals surface area contributed by atoms with E-state index in [0.29, 0.717) is 18.4 Å². The Bertz CT molecular complexity index is 369. The molecule has 0 atom stereocenters. The molecule has 2 nitrogen and oxygen atoms in total. The predicted molar refractivity (Wildman–Crippen MR) is 69.1 cm³/mol. The predicted octanol–water partition coefficient (Wildman–Crippen LogP) is 3.90. The van der Waals surface area contributed by atoms with Crippen LogP contribution in [0.3, 0.4) is 0 Å². The highest BCUT2D eigenvalue weighted by molar-refractivity contribution is 9.11. The van der Waals surface area contributed by atoms with Crippen molar-refractivity contribution in [2.24, 2.45) is 5.92 Å². The maximum atomic E-state index is 11.9. The molecule has 1 fully saturated rings. The Kier molecular flexibility index (Phi) is 4.16. The molecule has 0 radical (unpaired) electrons. The van der Waals surface area contributed by atoms with Crippen LogP contribution in [0, 0.1) is 5.92 Å². The van der Waals surface area contributed by atoms with Crippen molar-refractivity contribution in [2.45, 2.75) is 32.3 Å². The van der Waals surface area contributed by atoms with Gasteiger partial charge in [-0.25, -0.2) is 0 Å². The molecular formula is C12H15BrO2S. The van der Waals surface area contributed by atoms with Gasteiger partial charge in [-0.15, -0.1) is 11.3 Å². The fraction of sp³-hybridized carbons (Fsp3) is 0.583. The summed E-state index contributed by atoms with van der Waals surface area (Å²) in [6.45, 7) is 2.80. The number of thiophene rings is 1. The van der Waals surface area contributed by atoms with Crippen molar-refractivity contribution in [1.82, 2.24) is 0 Å². The summed E-state index contributed by atoms with van der Waals surface area (Å²) in [5.41, 5.74) is 0. The molecule has 0 amide bonds. The summed E-state index contributed by atoms with van der Waals surface area (Å²) in [7, 11) is 0. The molecule has 1 heterocycles. The fourth-order valence-corrected chi connectivity index (χ4v) is 3.37. The minimum atomic E-state index is 0.274. The molecule has 16 heavy (non-hydrogen) atoms. The van der Waals surface area contributed by atoms with Crippen molar-refractivity contribution in [1.29, 1.82) is 0 Å². The van der Waals surface area contributed by atoms with Gasteiger partial charge in [0.2, 0.25) is 0 Å². The summed E-state index contributed by atoms with van der Waals surface area (Å²) >= 11 is 4.89. The van der Waals surface area contributed by atoms with Crippen LogP contribution in [0.2, 0.25) is 0 Å². The first-order valence-electron chi connectivity index (χ1n) is 5.59. The Morgan fingerprint density at radius 3 is 2.88 bits per heavy atom. The highest BCUT2D eigenvalue weighted by atomic mass is 79.9. The van der Waals surface area contributed by atoms with E-state index in [1.165, 1.54) is 11.3 Å². The second-order valence-corrected chi connectivity index (χ2v) is 6.61. The van der Waals surface area contributed by atoms with E-state index < -0.39 is 0 Å². The van der Waals surface area contributed by atoms with Gasteiger partial charge in [0.1, 0.15) is 0 Å². The van der Waals surface area contributed by atoms with Gasteiger partial charge in [-0.2, -0.15) is 0 Å². The largest absolute Gasteiger partial charge is 0.378 e. The third-order valence-corrected chi connectivity index (χ3v) is 4.58. The van der Waals surface area contributed by atoms with Gasteiger partial charge in [-0.1, -0.05) is 0 Å². The minimum Gasteiger partial charge on any atom is -0.378 e. The lowest BCUT2D eigenvalue weighted by molar-refractivity contribution is -0.0245. The number of hydrogen-bond donors (Lipinski definition) is 0. The Hall–Kier alpha value is -0.190. The number of ether oxygens (including phenoxy) is 1. The molecule has 1 aromatic heterocycles. The van der Waals surface area contributed by atoms with Crippen LogP contribution in [0.1, 0.15) is 35.9 Å². The normalized spacial score (nSPS) is 24.1. The second-order valence-electron chi connectivity index (χ2n) is 4.15. The highest BCUT2D eigenvalue weighted by Gasteiger charge is 2.31. The minimum absolute atomic E-state index is 0.274. The van der Waals surface area contributed by atoms with Crippen LogP contribution in [0.25, 0.3) is 0 Å². The monoisotopic (exact) mass is 302 g/mol. The van der Waals surface area contributed by atoms with Crippen LogP contribution in [0.15, 0.2) is 15.9 Å². The number of halogens is 1. The molecule has 0 spiro atoms. The lowest BCUT2D eigenvalue weighted by atomic mass is 9.79. The van der Waals surface area contributed by atoms with Gasteiger partial charge in [0.25, 0.3) is 0 Å². The zero-order valence-electron chi connectivity index (χ0n) is 9.24. The number of hydrogen-bond acceptors (Lipinski definition) is 3. The molecule has 4 heteroatoms. The molecule has 88 valence electrons. The van der Waals surface area contributed by atoms with Crippen LogP contribution >= 0.6 is 27.3 Å². The van der Waals surface area contributed by atoms with Gasteiger partial charge in [-0.3, -0.25) is 4.79 Å². The molecule has 0 aromatic carbocycles. The third kappa shape index (κ3) is 2.93. The number of rotatable bonds is 5. The van der Waals surface area contributed by atoms with Crippen molar-refractivity contribution in [3.05, 3.63) is 20.8 Å². The number of Topliss-reactive ketones (excluding diaryl/α,β-unsaturated/α-hetero) is 1. The number of ketones is 1. The summed E-state index contributed by atoms with van der Waals surface area (Å²) in [5.74, 6) is 0.806. The average Bonchev–Trinajstić information content (AvgIpc) is 2.61. The summed E-state index contributed by atoms with van der Waals surface area (Å²) in [6, 6.07) is 3.83. The lowest BCUT2D eigenvalue weighted by Crippen LogP contribution is -2.32. The Balaban J connectivity index is 1.77. The Morgan fingerprint density at radius 2 is 2.31 bits per heavy atom. The highest BCUT2D eigenvalue weighted by Crippen LogP contribution is 2.34. The fourth-order valence-electron chi connectivity index (χ4n) is 2.04. The van der Waals surface area contributed by atoms with Gasteiger partial charge in [0.05, 0.1) is 14.8 Å². The van der Waals surface area contributed by atoms with Crippen molar-refractivity contribution < 1.29 is 9.53 Å². The summed E-state index contributed by atoms with van der Waals surface area (Å²) in [4.78, 5) is 12.7. The molecule has 1 saturated carbocycles. The molecular weight excluding hydrogens is 288 g/mol. The molecule has 1 aliphatic carbocycles. The van der Waals surface area contributed by atoms with E-state index in [2.05, 4.69) is 15.9 Å². The van der Waals surface area contributed by atoms with Crippen molar-refractivity contribution in [3.8, 4) is 0 Å². The van der Waals surface area contributed by atoms with E-state index in [9.17, 15) is 4.79 Å². The molecule has 1 aliphatic rings. The molecule has 0 unspecified atom stereocenters. The van der Waals surface area contributed by atoms with E-state index in [0.717, 1.165) is 28.1 Å². The standard InChI is InChI=1S/C12H15BrO2S/c1-2-15-9-5-8(6-9)7-10(14)11-3-4-12(13)16-11/h3-4,8-9H,2,5-7H2,1H3. The summed E-state index contributed by atoms with van der Waals surface area (Å²) < 4.78 is 6.51. The zero-order valence-corrected chi connectivity index (χ0v) is 11.6. The quantitative estimate of drug-likeness (QED) is 0.771. The van der Waals surface area contributed by atoms with Crippen LogP contribution in [0.4, 0.5) is 0 Å². The van der Waals surface area contributed by atoms with E-state index in [4.69, 9.17) is 4.74 Å². The SMILES string of the molecule is CCOC1CC(CC(=O)c2ccc(Br)s2)C1. The van der Waals surface area contributed by atoms with E-state index in [1.807, 2.05) is 19.1 Å². The van der Waals surface area contributed by atoms with Crippen LogP contribution in [-0.4, -0.2) is 18.5 Å². The van der Waals surface area contributed by atoms with Gasteiger partial charge in [0, 0.05) is 13.0 Å². The van der Waals surface area contributed by atoms with Gasteiger partial charge in [-0.05, 0) is 53.7 Å². The molecule has 1 aromatic rings. The van der Waals surface area contributed by atoms with Crippen molar-refractivity contribution in [2.75, 3.05) is 6.61 Å². The summed E-state index contributed by atoms with van der Waals surface area (Å²) in [6.07, 6.45) is 3.17. The van der Waals surface area contributed by atoms with E-state index in [1.54, 1.807) is 0 Å². The topological polar surface area (TPSA) is 26.3 Å². The smallest absolute Gasteiger partial charge is 0.173 e. The molecule has 0 N–H and O–H groups in total. The lowest BCUT2D eigenvalue weighted by Gasteiger charge is -2.34. The maximum absolute atomic E-state index is 11.9. The first-order chi connectivity index (χ1) is 7.69. The zero-order chi connectivity index (χ0) is 11.5. The van der Waals surface area contributed by atoms with Crippen LogP contribution in [-0.2, 0) is 4.74 Å². The number of carbonyl (C=O) groups is 1. The summed E-state index contributed by atoms with van der Waals surface area (Å²) in [5, 5.41) is 0. The van der Waals surface area contributed by atoms with Crippen molar-refractivity contribution >= 4 is 33.0 Å². The van der Waals surface area contributed by atoms with Crippen LogP contribution in [0.5, 0.6) is 0 Å². The molecule has 0 saturated heterocycles. The number of carbonyl (C=O) groups excluding carboxylic acids is 1. The van der Waals surface area contributed by atoms with Gasteiger partial charge >= 0.3 is 0 Å². The van der Waals surface area contributed by atoms with E-state index in [-0.39, 0.29) is 5.78 Å². The Labute approximate surface area is 108 Å². The molecule has 0 aliphatic heterocycles. The second kappa shape index (κ2) is 5.43. The Morgan fingerprint density at radius 1 is 1.56 bits per heavy atom. The van der Waals surface area contributed by atoms with Gasteiger partial charge in [0.15, 0.2) is 5.78 Å². The maximum Gasteiger partial charge on any atom is 0.173 e. The van der Waals surface area contributed by atoms with Gasteiger partial charge < -0.3 is 4.74 Å². The first kappa shape index (κ1) is 12.3. The molecule has 0 bridgehead atoms. The van der Waals surface area contributed by atoms with E-state index >= 15 is 0 Å². The first-order valence-corrected chi connectivity index (χ1v) is 7.20. The average molecular weight is 303 g/mol. The molecule has 2 rings (SSSR count).